The molecule has 1 aromatic carbocycles. The molecular formula is C25H40N2O3. The van der Waals surface area contributed by atoms with Crippen LogP contribution in [-0.2, 0) is 20.7 Å². The summed E-state index contributed by atoms with van der Waals surface area (Å²) in [6.07, 6.45) is 1.11. The van der Waals surface area contributed by atoms with E-state index in [-0.39, 0.29) is 35.6 Å². The average Bonchev–Trinajstić information content (AvgIpc) is 2.82. The summed E-state index contributed by atoms with van der Waals surface area (Å²) in [5, 5.41) is 0. The van der Waals surface area contributed by atoms with Gasteiger partial charge in [-0.1, -0.05) is 51.1 Å². The predicted octanol–water partition coefficient (Wildman–Crippen LogP) is 4.36. The molecule has 0 bridgehead atoms. The minimum Gasteiger partial charge on any atom is -0.349 e. The second-order valence-electron chi connectivity index (χ2n) is 10.3. The Morgan fingerprint density at radius 2 is 1.63 bits per heavy atom. The fraction of sp³-hybridized carbons (Fsp3) is 0.680. The van der Waals surface area contributed by atoms with Gasteiger partial charge in [-0.25, -0.2) is 0 Å². The molecule has 5 nitrogen and oxygen atoms in total. The van der Waals surface area contributed by atoms with E-state index in [4.69, 9.17) is 4.74 Å². The highest BCUT2D eigenvalue weighted by atomic mass is 16.6. The van der Waals surface area contributed by atoms with E-state index in [9.17, 15) is 9.59 Å². The number of nitrogens with zero attached hydrogens (tertiary/aromatic N) is 2. The topological polar surface area (TPSA) is 49.9 Å². The summed E-state index contributed by atoms with van der Waals surface area (Å²) < 4.78 is 6.39. The zero-order valence-corrected chi connectivity index (χ0v) is 20.2. The van der Waals surface area contributed by atoms with Crippen molar-refractivity contribution in [2.45, 2.75) is 78.7 Å². The van der Waals surface area contributed by atoms with Gasteiger partial charge in [0.1, 0.15) is 5.72 Å². The van der Waals surface area contributed by atoms with Crippen LogP contribution in [-0.4, -0.2) is 53.1 Å². The van der Waals surface area contributed by atoms with Crippen molar-refractivity contribution >= 4 is 11.8 Å². The second kappa shape index (κ2) is 9.09. The molecule has 0 aliphatic carbocycles. The molecule has 0 radical (unpaired) electrons. The highest BCUT2D eigenvalue weighted by molar-refractivity contribution is 5.82. The van der Waals surface area contributed by atoms with Gasteiger partial charge in [-0.3, -0.25) is 9.59 Å². The third-order valence-corrected chi connectivity index (χ3v) is 6.51. The first-order chi connectivity index (χ1) is 13.8. The summed E-state index contributed by atoms with van der Waals surface area (Å²) in [5.41, 5.74) is 0.00797. The molecule has 0 unspecified atom stereocenters. The summed E-state index contributed by atoms with van der Waals surface area (Å²) in [6, 6.07) is 10.2. The molecule has 2 amide bonds. The van der Waals surface area contributed by atoms with Gasteiger partial charge in [-0.2, -0.15) is 0 Å². The number of rotatable bonds is 7. The molecule has 1 fully saturated rings. The number of hydrogen-bond donors (Lipinski definition) is 0. The third kappa shape index (κ3) is 5.23. The van der Waals surface area contributed by atoms with Gasteiger partial charge < -0.3 is 14.5 Å². The Morgan fingerprint density at radius 3 is 2.13 bits per heavy atom. The number of benzene rings is 1. The zero-order chi connectivity index (χ0) is 22.9. The molecule has 1 heterocycles. The maximum absolute atomic E-state index is 13.9. The van der Waals surface area contributed by atoms with Gasteiger partial charge in [-0.05, 0) is 51.5 Å². The average molecular weight is 417 g/mol. The quantitative estimate of drug-likeness (QED) is 0.664. The summed E-state index contributed by atoms with van der Waals surface area (Å²) in [6.45, 7) is 14.2. The number of amides is 2. The molecule has 5 heteroatoms. The van der Waals surface area contributed by atoms with Gasteiger partial charge in [0.25, 0.3) is 0 Å². The third-order valence-electron chi connectivity index (χ3n) is 6.51. The van der Waals surface area contributed by atoms with Gasteiger partial charge in [0.2, 0.25) is 11.8 Å². The van der Waals surface area contributed by atoms with Crippen molar-refractivity contribution in [3.63, 3.8) is 0 Å². The Morgan fingerprint density at radius 1 is 1.07 bits per heavy atom. The molecule has 3 atom stereocenters. The summed E-state index contributed by atoms with van der Waals surface area (Å²) in [7, 11) is 3.53. The van der Waals surface area contributed by atoms with E-state index in [0.717, 1.165) is 6.42 Å². The first-order valence-corrected chi connectivity index (χ1v) is 11.1. The Balaban J connectivity index is 2.35. The molecule has 2 rings (SSSR count). The number of hydrogen-bond acceptors (Lipinski definition) is 3. The lowest BCUT2D eigenvalue weighted by Gasteiger charge is -2.39. The lowest BCUT2D eigenvalue weighted by atomic mass is 9.80. The van der Waals surface area contributed by atoms with Gasteiger partial charge in [-0.15, -0.1) is 0 Å². The van der Waals surface area contributed by atoms with Crippen molar-refractivity contribution in [3.05, 3.63) is 35.9 Å². The predicted molar refractivity (Wildman–Crippen MR) is 121 cm³/mol. The molecule has 168 valence electrons. The van der Waals surface area contributed by atoms with Gasteiger partial charge >= 0.3 is 0 Å². The highest BCUT2D eigenvalue weighted by Gasteiger charge is 2.55. The van der Waals surface area contributed by atoms with Crippen molar-refractivity contribution in [3.8, 4) is 0 Å². The van der Waals surface area contributed by atoms with Gasteiger partial charge in [0.05, 0.1) is 11.6 Å². The van der Waals surface area contributed by atoms with E-state index in [0.29, 0.717) is 6.42 Å². The zero-order valence-electron chi connectivity index (χ0n) is 20.2. The highest BCUT2D eigenvalue weighted by Crippen LogP contribution is 2.42. The molecule has 30 heavy (non-hydrogen) atoms. The molecule has 1 aliphatic rings. The van der Waals surface area contributed by atoms with E-state index in [1.807, 2.05) is 43.9 Å². The van der Waals surface area contributed by atoms with E-state index in [1.54, 1.807) is 19.0 Å². The largest absolute Gasteiger partial charge is 0.349 e. The summed E-state index contributed by atoms with van der Waals surface area (Å²) in [5.74, 6) is 0.0523. The van der Waals surface area contributed by atoms with Crippen LogP contribution in [0.3, 0.4) is 0 Å². The summed E-state index contributed by atoms with van der Waals surface area (Å²) in [4.78, 5) is 29.8. The van der Waals surface area contributed by atoms with E-state index in [1.165, 1.54) is 5.56 Å². The van der Waals surface area contributed by atoms with Crippen LogP contribution in [0, 0.1) is 17.8 Å². The number of ether oxygens (including phenoxy) is 1. The van der Waals surface area contributed by atoms with Crippen molar-refractivity contribution in [1.29, 1.82) is 0 Å². The van der Waals surface area contributed by atoms with Crippen LogP contribution < -0.4 is 0 Å². The fourth-order valence-corrected chi connectivity index (χ4v) is 4.82. The van der Waals surface area contributed by atoms with E-state index in [2.05, 4.69) is 39.8 Å². The van der Waals surface area contributed by atoms with Crippen LogP contribution in [0.1, 0.15) is 60.5 Å². The summed E-state index contributed by atoms with van der Waals surface area (Å²) >= 11 is 0. The maximum Gasteiger partial charge on any atom is 0.228 e. The smallest absolute Gasteiger partial charge is 0.228 e. The van der Waals surface area contributed by atoms with Crippen molar-refractivity contribution in [2.75, 3.05) is 14.1 Å². The van der Waals surface area contributed by atoms with Crippen LogP contribution in [0.25, 0.3) is 0 Å². The van der Waals surface area contributed by atoms with Crippen LogP contribution in [0.4, 0.5) is 0 Å². The number of carbonyl (C=O) groups is 2. The Labute approximate surface area is 182 Å². The van der Waals surface area contributed by atoms with Gasteiger partial charge in [0, 0.05) is 26.4 Å². The molecule has 1 aromatic rings. The molecule has 0 N–H and O–H groups in total. The molecular weight excluding hydrogens is 376 g/mol. The minimum atomic E-state index is -0.707. The van der Waals surface area contributed by atoms with Crippen LogP contribution in [0.15, 0.2) is 30.3 Å². The van der Waals surface area contributed by atoms with Crippen molar-refractivity contribution in [2.24, 2.45) is 17.8 Å². The first kappa shape index (κ1) is 24.4. The number of carbonyl (C=O) groups excluding carboxylic acids is 2. The molecule has 1 aliphatic heterocycles. The van der Waals surface area contributed by atoms with Gasteiger partial charge in [0.15, 0.2) is 0 Å². The van der Waals surface area contributed by atoms with Crippen molar-refractivity contribution in [1.82, 2.24) is 9.80 Å². The van der Waals surface area contributed by atoms with Crippen LogP contribution in [0.2, 0.25) is 0 Å². The second-order valence-corrected chi connectivity index (χ2v) is 10.3. The Hall–Kier alpha value is -1.88. The fourth-order valence-electron chi connectivity index (χ4n) is 4.82. The lowest BCUT2D eigenvalue weighted by Crippen LogP contribution is -2.53. The SMILES string of the molecule is CC(C)[C@@H](CC(=O)N(C)C)[C@@H](C)C(=O)N1[C@@H](Cc2ccccc2)C(C)(C)OC1(C)C. The van der Waals surface area contributed by atoms with E-state index >= 15 is 0 Å². The maximum atomic E-state index is 13.9. The van der Waals surface area contributed by atoms with Crippen LogP contribution in [0.5, 0.6) is 0 Å². The Kier molecular flexibility index (Phi) is 7.39. The Bertz CT molecular complexity index is 740. The van der Waals surface area contributed by atoms with Crippen LogP contribution >= 0.6 is 0 Å². The normalized spacial score (nSPS) is 22.1. The monoisotopic (exact) mass is 416 g/mol. The molecule has 0 spiro atoms. The first-order valence-electron chi connectivity index (χ1n) is 11.1. The molecule has 0 aromatic heterocycles. The lowest BCUT2D eigenvalue weighted by molar-refractivity contribution is -0.156. The van der Waals surface area contributed by atoms with Crippen molar-refractivity contribution < 1.29 is 14.3 Å². The standard InChI is InChI=1S/C25H40N2O3/c1-17(2)20(16-22(28)26(8)9)18(3)23(29)27-21(15-19-13-11-10-12-14-19)24(4,5)30-25(27,6)7/h10-14,17-18,20-21H,15-16H2,1-9H3/t18-,20-,21+/m1/s1. The van der Waals surface area contributed by atoms with E-state index < -0.39 is 11.3 Å². The molecule has 1 saturated heterocycles. The molecule has 0 saturated carbocycles. The minimum absolute atomic E-state index is 0.0238.